The standard InChI is InChI=1S/C15H17NO4/c1-8(2)16-12-7-10(20-4)5-6-11(12)14(17)9(3)13(16)15(18)19/h5-8H,1-4H3,(H,18,19). The molecule has 0 atom stereocenters. The van der Waals surface area contributed by atoms with E-state index in [1.165, 1.54) is 7.11 Å². The molecule has 0 fully saturated rings. The molecule has 2 aromatic rings. The van der Waals surface area contributed by atoms with E-state index in [2.05, 4.69) is 0 Å². The maximum Gasteiger partial charge on any atom is 0.352 e. The number of benzene rings is 1. The van der Waals surface area contributed by atoms with Crippen LogP contribution in [0.25, 0.3) is 10.9 Å². The molecule has 0 saturated heterocycles. The lowest BCUT2D eigenvalue weighted by molar-refractivity contribution is 0.0682. The number of hydrogen-bond acceptors (Lipinski definition) is 3. The van der Waals surface area contributed by atoms with Crippen LogP contribution in [0.4, 0.5) is 0 Å². The highest BCUT2D eigenvalue weighted by atomic mass is 16.5. The van der Waals surface area contributed by atoms with Gasteiger partial charge in [-0.15, -0.1) is 0 Å². The maximum atomic E-state index is 12.3. The Kier molecular flexibility index (Phi) is 3.53. The number of carboxylic acid groups (broad SMARTS) is 1. The first kappa shape index (κ1) is 14.1. The second-order valence-electron chi connectivity index (χ2n) is 4.95. The smallest absolute Gasteiger partial charge is 0.352 e. The van der Waals surface area contributed by atoms with Gasteiger partial charge in [-0.2, -0.15) is 0 Å². The third-order valence-corrected chi connectivity index (χ3v) is 3.36. The molecule has 5 heteroatoms. The predicted octanol–water partition coefficient (Wildman–Crippen LogP) is 2.60. The van der Waals surface area contributed by atoms with Gasteiger partial charge in [0.1, 0.15) is 11.4 Å². The average molecular weight is 275 g/mol. The molecule has 0 unspecified atom stereocenters. The lowest BCUT2D eigenvalue weighted by Crippen LogP contribution is -2.23. The molecule has 0 saturated carbocycles. The molecule has 0 spiro atoms. The number of pyridine rings is 1. The van der Waals surface area contributed by atoms with Crippen molar-refractivity contribution < 1.29 is 14.6 Å². The van der Waals surface area contributed by atoms with Crippen molar-refractivity contribution in [3.63, 3.8) is 0 Å². The van der Waals surface area contributed by atoms with Crippen LogP contribution in [0.5, 0.6) is 5.75 Å². The second-order valence-corrected chi connectivity index (χ2v) is 4.95. The zero-order chi connectivity index (χ0) is 15.0. The van der Waals surface area contributed by atoms with Gasteiger partial charge in [0.2, 0.25) is 0 Å². The van der Waals surface area contributed by atoms with Crippen LogP contribution in [0.3, 0.4) is 0 Å². The lowest BCUT2D eigenvalue weighted by atomic mass is 10.1. The number of carboxylic acids is 1. The van der Waals surface area contributed by atoms with Crippen LogP contribution in [0.1, 0.15) is 35.9 Å². The predicted molar refractivity (Wildman–Crippen MR) is 76.8 cm³/mol. The summed E-state index contributed by atoms with van der Waals surface area (Å²) in [6.45, 7) is 5.32. The topological polar surface area (TPSA) is 68.5 Å². The molecule has 5 nitrogen and oxygen atoms in total. The highest BCUT2D eigenvalue weighted by molar-refractivity contribution is 5.93. The van der Waals surface area contributed by atoms with Crippen molar-refractivity contribution >= 4 is 16.9 Å². The van der Waals surface area contributed by atoms with Gasteiger partial charge in [-0.05, 0) is 32.9 Å². The van der Waals surface area contributed by atoms with Crippen LogP contribution in [-0.2, 0) is 0 Å². The Morgan fingerprint density at radius 3 is 2.50 bits per heavy atom. The molecule has 0 aliphatic carbocycles. The number of ether oxygens (including phenoxy) is 1. The molecule has 0 bridgehead atoms. The number of nitrogens with zero attached hydrogens (tertiary/aromatic N) is 1. The number of aromatic nitrogens is 1. The van der Waals surface area contributed by atoms with Gasteiger partial charge in [0.05, 0.1) is 12.6 Å². The van der Waals surface area contributed by atoms with E-state index >= 15 is 0 Å². The van der Waals surface area contributed by atoms with Gasteiger partial charge in [-0.1, -0.05) is 0 Å². The minimum atomic E-state index is -1.10. The van der Waals surface area contributed by atoms with E-state index in [1.807, 2.05) is 13.8 Å². The van der Waals surface area contributed by atoms with Gasteiger partial charge in [0.25, 0.3) is 0 Å². The Balaban J connectivity index is 3.05. The Morgan fingerprint density at radius 2 is 2.00 bits per heavy atom. The summed E-state index contributed by atoms with van der Waals surface area (Å²) < 4.78 is 6.83. The average Bonchev–Trinajstić information content (AvgIpc) is 2.40. The Hall–Kier alpha value is -2.30. The van der Waals surface area contributed by atoms with E-state index in [9.17, 15) is 14.7 Å². The molecule has 0 radical (unpaired) electrons. The van der Waals surface area contributed by atoms with Crippen LogP contribution >= 0.6 is 0 Å². The third kappa shape index (κ3) is 2.05. The quantitative estimate of drug-likeness (QED) is 0.934. The molecule has 1 aromatic carbocycles. The van der Waals surface area contributed by atoms with Crippen LogP contribution in [-0.4, -0.2) is 22.8 Å². The van der Waals surface area contributed by atoms with Crippen molar-refractivity contribution in [2.45, 2.75) is 26.8 Å². The van der Waals surface area contributed by atoms with E-state index in [1.54, 1.807) is 29.7 Å². The molecule has 0 aliphatic rings. The van der Waals surface area contributed by atoms with Gasteiger partial charge in [0, 0.05) is 23.1 Å². The summed E-state index contributed by atoms with van der Waals surface area (Å²) in [4.78, 5) is 23.8. The van der Waals surface area contributed by atoms with Crippen LogP contribution in [0.2, 0.25) is 0 Å². The van der Waals surface area contributed by atoms with Crippen LogP contribution in [0.15, 0.2) is 23.0 Å². The summed E-state index contributed by atoms with van der Waals surface area (Å²) in [5.41, 5.74) is 0.610. The van der Waals surface area contributed by atoms with E-state index in [-0.39, 0.29) is 22.7 Å². The summed E-state index contributed by atoms with van der Waals surface area (Å²) >= 11 is 0. The van der Waals surface area contributed by atoms with Crippen molar-refractivity contribution in [2.24, 2.45) is 0 Å². The second kappa shape index (κ2) is 5.00. The van der Waals surface area contributed by atoms with Gasteiger partial charge in [-0.3, -0.25) is 4.79 Å². The van der Waals surface area contributed by atoms with E-state index in [0.29, 0.717) is 16.7 Å². The van der Waals surface area contributed by atoms with Gasteiger partial charge in [0.15, 0.2) is 5.43 Å². The summed E-state index contributed by atoms with van der Waals surface area (Å²) in [6.07, 6.45) is 0. The molecular weight excluding hydrogens is 258 g/mol. The minimum Gasteiger partial charge on any atom is -0.497 e. The Bertz CT molecular complexity index is 744. The molecule has 0 aliphatic heterocycles. The molecule has 1 N–H and O–H groups in total. The van der Waals surface area contributed by atoms with Crippen molar-refractivity contribution in [3.05, 3.63) is 39.7 Å². The Labute approximate surface area is 116 Å². The van der Waals surface area contributed by atoms with Gasteiger partial charge >= 0.3 is 5.97 Å². The van der Waals surface area contributed by atoms with Crippen molar-refractivity contribution in [2.75, 3.05) is 7.11 Å². The zero-order valence-electron chi connectivity index (χ0n) is 11.9. The largest absolute Gasteiger partial charge is 0.497 e. The molecule has 0 amide bonds. The Morgan fingerprint density at radius 1 is 1.35 bits per heavy atom. The van der Waals surface area contributed by atoms with Crippen molar-refractivity contribution in [3.8, 4) is 5.75 Å². The highest BCUT2D eigenvalue weighted by Crippen LogP contribution is 2.24. The molecule has 2 rings (SSSR count). The van der Waals surface area contributed by atoms with Crippen molar-refractivity contribution in [1.82, 2.24) is 4.57 Å². The number of rotatable bonds is 3. The molecule has 1 heterocycles. The van der Waals surface area contributed by atoms with Crippen LogP contribution in [0, 0.1) is 6.92 Å². The number of aromatic carboxylic acids is 1. The summed E-state index contributed by atoms with van der Waals surface area (Å²) in [7, 11) is 1.53. The first-order valence-electron chi connectivity index (χ1n) is 6.34. The fourth-order valence-corrected chi connectivity index (χ4v) is 2.44. The highest BCUT2D eigenvalue weighted by Gasteiger charge is 2.21. The molecule has 20 heavy (non-hydrogen) atoms. The lowest BCUT2D eigenvalue weighted by Gasteiger charge is -2.20. The monoisotopic (exact) mass is 275 g/mol. The van der Waals surface area contributed by atoms with E-state index in [0.717, 1.165) is 0 Å². The summed E-state index contributed by atoms with van der Waals surface area (Å²) in [5, 5.41) is 9.92. The minimum absolute atomic E-state index is 0.0331. The number of carbonyl (C=O) groups is 1. The fraction of sp³-hybridized carbons (Fsp3) is 0.333. The molecular formula is C15H17NO4. The van der Waals surface area contributed by atoms with Crippen molar-refractivity contribution in [1.29, 1.82) is 0 Å². The molecule has 1 aromatic heterocycles. The summed E-state index contributed by atoms with van der Waals surface area (Å²) in [6, 6.07) is 4.99. The number of fused-ring (bicyclic) bond motifs is 1. The van der Waals surface area contributed by atoms with E-state index in [4.69, 9.17) is 4.74 Å². The third-order valence-electron chi connectivity index (χ3n) is 3.36. The first-order chi connectivity index (χ1) is 9.38. The fourth-order valence-electron chi connectivity index (χ4n) is 2.44. The number of hydrogen-bond donors (Lipinski definition) is 1. The first-order valence-corrected chi connectivity index (χ1v) is 6.34. The normalized spacial score (nSPS) is 11.1. The van der Waals surface area contributed by atoms with Crippen LogP contribution < -0.4 is 10.2 Å². The maximum absolute atomic E-state index is 12.3. The van der Waals surface area contributed by atoms with E-state index < -0.39 is 5.97 Å². The molecule has 106 valence electrons. The SMILES string of the molecule is COc1ccc2c(=O)c(C)c(C(=O)O)n(C(C)C)c2c1. The summed E-state index contributed by atoms with van der Waals surface area (Å²) in [5.74, 6) is -0.510. The van der Waals surface area contributed by atoms with Gasteiger partial charge < -0.3 is 14.4 Å². The number of methoxy groups -OCH3 is 1. The zero-order valence-corrected chi connectivity index (χ0v) is 11.9. The van der Waals surface area contributed by atoms with Gasteiger partial charge in [-0.25, -0.2) is 4.79 Å².